The van der Waals surface area contributed by atoms with Crippen LogP contribution in [0.3, 0.4) is 0 Å². The Balaban J connectivity index is 1.95. The number of nitrogens with one attached hydrogen (secondary N) is 1. The second-order valence-corrected chi connectivity index (χ2v) is 7.08. The largest absolute Gasteiger partial charge is 0.319 e. The van der Waals surface area contributed by atoms with Crippen LogP contribution in [-0.4, -0.2) is 18.6 Å². The normalized spacial score (nSPS) is 16.6. The van der Waals surface area contributed by atoms with Crippen molar-refractivity contribution in [3.63, 3.8) is 0 Å². The molecule has 0 spiro atoms. The maximum atomic E-state index is 4.89. The van der Waals surface area contributed by atoms with Crippen LogP contribution in [0.2, 0.25) is 0 Å². The second-order valence-electron chi connectivity index (χ2n) is 5.31. The van der Waals surface area contributed by atoms with Gasteiger partial charge in [-0.2, -0.15) is 0 Å². The summed E-state index contributed by atoms with van der Waals surface area (Å²) in [4.78, 5) is 4.89. The van der Waals surface area contributed by atoms with Gasteiger partial charge in [-0.1, -0.05) is 22.0 Å². The smallest absolute Gasteiger partial charge is 0.101 e. The third kappa shape index (κ3) is 2.49. The Kier molecular flexibility index (Phi) is 3.50. The average molecular weight is 337 g/mol. The first-order valence-corrected chi connectivity index (χ1v) is 8.19. The van der Waals surface area contributed by atoms with Crippen LogP contribution in [0.15, 0.2) is 28.1 Å². The van der Waals surface area contributed by atoms with E-state index in [1.165, 1.54) is 29.0 Å². The number of rotatable bonds is 4. The molecule has 0 saturated heterocycles. The zero-order valence-corrected chi connectivity index (χ0v) is 13.6. The van der Waals surface area contributed by atoms with E-state index in [4.69, 9.17) is 4.98 Å². The highest BCUT2D eigenvalue weighted by atomic mass is 79.9. The number of aryl methyl sites for hydroxylation is 1. The molecule has 1 fully saturated rings. The lowest BCUT2D eigenvalue weighted by Gasteiger charge is -2.10. The van der Waals surface area contributed by atoms with Crippen LogP contribution >= 0.6 is 27.3 Å². The summed E-state index contributed by atoms with van der Waals surface area (Å²) in [6.45, 7) is 3.18. The van der Waals surface area contributed by atoms with Crippen molar-refractivity contribution in [2.24, 2.45) is 0 Å². The molecule has 1 heterocycles. The minimum atomic E-state index is 0.317. The Labute approximate surface area is 126 Å². The van der Waals surface area contributed by atoms with Crippen LogP contribution in [0.25, 0.3) is 11.3 Å². The third-order valence-electron chi connectivity index (χ3n) is 3.80. The summed E-state index contributed by atoms with van der Waals surface area (Å²) in [5.74, 6) is 0. The molecule has 0 aliphatic heterocycles. The second kappa shape index (κ2) is 5.00. The fraction of sp³-hybridized carbons (Fsp3) is 0.400. The van der Waals surface area contributed by atoms with Crippen LogP contribution in [0.4, 0.5) is 0 Å². The van der Waals surface area contributed by atoms with Crippen molar-refractivity contribution < 1.29 is 0 Å². The lowest BCUT2D eigenvalue weighted by molar-refractivity contribution is 0.621. The van der Waals surface area contributed by atoms with Crippen molar-refractivity contribution in [3.8, 4) is 11.3 Å². The van der Waals surface area contributed by atoms with Gasteiger partial charge < -0.3 is 5.32 Å². The van der Waals surface area contributed by atoms with E-state index < -0.39 is 0 Å². The number of halogens is 1. The maximum absolute atomic E-state index is 4.89. The SMILES string of the molecule is CNCC1(c2nc(-c3cc(Br)ccc3C)cs2)CC1. The molecular weight excluding hydrogens is 320 g/mol. The predicted molar refractivity (Wildman–Crippen MR) is 84.8 cm³/mol. The fourth-order valence-corrected chi connectivity index (χ4v) is 3.91. The molecule has 0 amide bonds. The molecule has 0 atom stereocenters. The molecule has 0 unspecified atom stereocenters. The molecule has 1 aliphatic rings. The van der Waals surface area contributed by atoms with E-state index >= 15 is 0 Å². The molecule has 19 heavy (non-hydrogen) atoms. The number of hydrogen-bond donors (Lipinski definition) is 1. The Morgan fingerprint density at radius 1 is 1.42 bits per heavy atom. The van der Waals surface area contributed by atoms with E-state index in [9.17, 15) is 0 Å². The standard InChI is InChI=1S/C15H17BrN2S/c1-10-3-4-11(16)7-12(10)13-8-19-14(18-13)15(5-6-15)9-17-2/h3-4,7-8,17H,5-6,9H2,1-2H3. The highest BCUT2D eigenvalue weighted by Crippen LogP contribution is 2.49. The van der Waals surface area contributed by atoms with Crippen molar-refractivity contribution in [3.05, 3.63) is 38.6 Å². The predicted octanol–water partition coefficient (Wildman–Crippen LogP) is 4.13. The molecule has 1 aromatic heterocycles. The van der Waals surface area contributed by atoms with Gasteiger partial charge in [0, 0.05) is 27.4 Å². The van der Waals surface area contributed by atoms with Crippen molar-refractivity contribution in [1.29, 1.82) is 0 Å². The van der Waals surface area contributed by atoms with Crippen molar-refractivity contribution in [2.45, 2.75) is 25.2 Å². The van der Waals surface area contributed by atoms with Gasteiger partial charge in [-0.3, -0.25) is 0 Å². The molecule has 4 heteroatoms. The molecule has 1 N–H and O–H groups in total. The molecule has 2 nitrogen and oxygen atoms in total. The van der Waals surface area contributed by atoms with Crippen LogP contribution in [0, 0.1) is 6.92 Å². The van der Waals surface area contributed by atoms with Crippen LogP contribution in [-0.2, 0) is 5.41 Å². The van der Waals surface area contributed by atoms with E-state index in [1.54, 1.807) is 11.3 Å². The van der Waals surface area contributed by atoms with Gasteiger partial charge in [-0.25, -0.2) is 4.98 Å². The highest BCUT2D eigenvalue weighted by Gasteiger charge is 2.46. The summed E-state index contributed by atoms with van der Waals surface area (Å²) in [5.41, 5.74) is 3.94. The van der Waals surface area contributed by atoms with E-state index in [2.05, 4.69) is 51.7 Å². The maximum Gasteiger partial charge on any atom is 0.101 e. The molecular formula is C15H17BrN2S. The number of likely N-dealkylation sites (N-methyl/N-ethyl adjacent to an activating group) is 1. The summed E-state index contributed by atoms with van der Waals surface area (Å²) in [5, 5.41) is 6.78. The molecule has 100 valence electrons. The summed E-state index contributed by atoms with van der Waals surface area (Å²) < 4.78 is 1.11. The molecule has 0 radical (unpaired) electrons. The van der Waals surface area contributed by atoms with Crippen molar-refractivity contribution in [1.82, 2.24) is 10.3 Å². The molecule has 2 aromatic rings. The van der Waals surface area contributed by atoms with Gasteiger partial charge in [-0.15, -0.1) is 11.3 Å². The lowest BCUT2D eigenvalue weighted by Crippen LogP contribution is -2.23. The molecule has 0 bridgehead atoms. The summed E-state index contributed by atoms with van der Waals surface area (Å²) in [6, 6.07) is 6.38. The highest BCUT2D eigenvalue weighted by molar-refractivity contribution is 9.10. The van der Waals surface area contributed by atoms with E-state index in [-0.39, 0.29) is 0 Å². The van der Waals surface area contributed by atoms with Gasteiger partial charge in [0.25, 0.3) is 0 Å². The van der Waals surface area contributed by atoms with Crippen molar-refractivity contribution >= 4 is 27.3 Å². The van der Waals surface area contributed by atoms with Gasteiger partial charge in [0.15, 0.2) is 0 Å². The Morgan fingerprint density at radius 3 is 2.89 bits per heavy atom. The summed E-state index contributed by atoms with van der Waals surface area (Å²) in [7, 11) is 2.02. The topological polar surface area (TPSA) is 24.9 Å². The first-order valence-electron chi connectivity index (χ1n) is 6.52. The van der Waals surface area contributed by atoms with Crippen LogP contribution in [0.1, 0.15) is 23.4 Å². The molecule has 1 aromatic carbocycles. The Morgan fingerprint density at radius 2 is 2.21 bits per heavy atom. The number of nitrogens with zero attached hydrogens (tertiary/aromatic N) is 1. The number of thiazole rings is 1. The quantitative estimate of drug-likeness (QED) is 0.907. The minimum Gasteiger partial charge on any atom is -0.319 e. The van der Waals surface area contributed by atoms with Crippen molar-refractivity contribution in [2.75, 3.05) is 13.6 Å². The molecule has 3 rings (SSSR count). The average Bonchev–Trinajstić information content (AvgIpc) is 3.01. The summed E-state index contributed by atoms with van der Waals surface area (Å²) >= 11 is 5.34. The Hall–Kier alpha value is -0.710. The van der Waals surface area contributed by atoms with Crippen LogP contribution < -0.4 is 5.32 Å². The first-order chi connectivity index (χ1) is 9.14. The van der Waals surface area contributed by atoms with Gasteiger partial charge in [0.05, 0.1) is 5.69 Å². The zero-order chi connectivity index (χ0) is 13.5. The first kappa shape index (κ1) is 13.3. The van der Waals surface area contributed by atoms with Gasteiger partial charge in [0.1, 0.15) is 5.01 Å². The number of benzene rings is 1. The fourth-order valence-electron chi connectivity index (χ4n) is 2.47. The summed E-state index contributed by atoms with van der Waals surface area (Å²) in [6.07, 6.45) is 2.52. The van der Waals surface area contributed by atoms with Gasteiger partial charge in [0.2, 0.25) is 0 Å². The molecule has 1 saturated carbocycles. The van der Waals surface area contributed by atoms with E-state index in [0.717, 1.165) is 16.7 Å². The monoisotopic (exact) mass is 336 g/mol. The Bertz CT molecular complexity index is 602. The van der Waals surface area contributed by atoms with E-state index in [0.29, 0.717) is 5.41 Å². The lowest BCUT2D eigenvalue weighted by atomic mass is 10.1. The molecule has 1 aliphatic carbocycles. The zero-order valence-electron chi connectivity index (χ0n) is 11.2. The van der Waals surface area contributed by atoms with Gasteiger partial charge in [-0.05, 0) is 44.5 Å². The van der Waals surface area contributed by atoms with Gasteiger partial charge >= 0.3 is 0 Å². The van der Waals surface area contributed by atoms with Crippen LogP contribution in [0.5, 0.6) is 0 Å². The van der Waals surface area contributed by atoms with E-state index in [1.807, 2.05) is 7.05 Å². The third-order valence-corrected chi connectivity index (χ3v) is 5.38. The number of aromatic nitrogens is 1. The number of hydrogen-bond acceptors (Lipinski definition) is 3. The minimum absolute atomic E-state index is 0.317.